The van der Waals surface area contributed by atoms with Gasteiger partial charge in [0.1, 0.15) is 12.3 Å². The Morgan fingerprint density at radius 3 is 2.13 bits per heavy atom. The van der Waals surface area contributed by atoms with Crippen LogP contribution in [-0.4, -0.2) is 29.2 Å². The van der Waals surface area contributed by atoms with Gasteiger partial charge in [-0.3, -0.25) is 4.99 Å². The molecule has 1 aliphatic rings. The molecule has 4 heteroatoms. The molecule has 0 aliphatic carbocycles. The molecule has 1 aliphatic heterocycles. The van der Waals surface area contributed by atoms with E-state index in [4.69, 9.17) is 19.7 Å². The molecule has 0 unspecified atom stereocenters. The monoisotopic (exact) mass is 405 g/mol. The summed E-state index contributed by atoms with van der Waals surface area (Å²) in [7, 11) is 0. The maximum atomic E-state index is 5.88. The lowest BCUT2D eigenvalue weighted by atomic mass is 9.88. The van der Waals surface area contributed by atoms with E-state index < -0.39 is 0 Å². The van der Waals surface area contributed by atoms with Crippen molar-refractivity contribution in [3.63, 3.8) is 0 Å². The van der Waals surface area contributed by atoms with Crippen molar-refractivity contribution in [2.24, 2.45) is 15.4 Å². The molecule has 0 bridgehead atoms. The largest absolute Gasteiger partial charge is 0.474 e. The van der Waals surface area contributed by atoms with E-state index in [1.807, 2.05) is 25.1 Å². The number of ether oxygens (including phenoxy) is 1. The third-order valence-electron chi connectivity index (χ3n) is 5.61. The summed E-state index contributed by atoms with van der Waals surface area (Å²) in [6.07, 6.45) is 0. The molecule has 30 heavy (non-hydrogen) atoms. The summed E-state index contributed by atoms with van der Waals surface area (Å²) in [5.74, 6) is 1.45. The van der Waals surface area contributed by atoms with Crippen molar-refractivity contribution in [3.8, 4) is 0 Å². The van der Waals surface area contributed by atoms with Crippen LogP contribution in [0, 0.1) is 5.41 Å². The van der Waals surface area contributed by atoms with Crippen molar-refractivity contribution in [1.82, 2.24) is 4.98 Å². The Hall–Kier alpha value is -2.49. The zero-order valence-corrected chi connectivity index (χ0v) is 19.7. The van der Waals surface area contributed by atoms with E-state index >= 15 is 0 Å². The average molecular weight is 406 g/mol. The molecular formula is C26H35N3O. The molecule has 0 radical (unpaired) electrons. The highest BCUT2D eigenvalue weighted by Gasteiger charge is 2.31. The third kappa shape index (κ3) is 4.80. The Bertz CT molecular complexity index is 938. The Kier molecular flexibility index (Phi) is 6.44. The van der Waals surface area contributed by atoms with Crippen LogP contribution in [0.1, 0.15) is 89.7 Å². The summed E-state index contributed by atoms with van der Waals surface area (Å²) in [4.78, 5) is 14.7. The van der Waals surface area contributed by atoms with Crippen LogP contribution in [0.3, 0.4) is 0 Å². The number of aromatic nitrogens is 1. The molecule has 4 nitrogen and oxygen atoms in total. The van der Waals surface area contributed by atoms with Crippen molar-refractivity contribution >= 4 is 17.3 Å². The van der Waals surface area contributed by atoms with Gasteiger partial charge in [0, 0.05) is 0 Å². The first-order chi connectivity index (χ1) is 14.1. The lowest BCUT2D eigenvalue weighted by Gasteiger charge is -2.21. The highest BCUT2D eigenvalue weighted by molar-refractivity contribution is 6.00. The summed E-state index contributed by atoms with van der Waals surface area (Å²) in [6, 6.07) is 12.6. The Labute approximate surface area is 181 Å². The van der Waals surface area contributed by atoms with Crippen LogP contribution < -0.4 is 0 Å². The van der Waals surface area contributed by atoms with Crippen LogP contribution in [0.4, 0.5) is 5.69 Å². The van der Waals surface area contributed by atoms with Crippen LogP contribution in [0.5, 0.6) is 0 Å². The highest BCUT2D eigenvalue weighted by atomic mass is 16.5. The number of benzene rings is 1. The molecule has 160 valence electrons. The number of nitrogens with zero attached hydrogens (tertiary/aromatic N) is 3. The minimum Gasteiger partial charge on any atom is -0.474 e. The molecule has 2 heterocycles. The predicted molar refractivity (Wildman–Crippen MR) is 126 cm³/mol. The van der Waals surface area contributed by atoms with Crippen molar-refractivity contribution < 1.29 is 4.74 Å². The van der Waals surface area contributed by atoms with Crippen LogP contribution in [0.15, 0.2) is 46.4 Å². The van der Waals surface area contributed by atoms with Gasteiger partial charge in [0.15, 0.2) is 0 Å². The van der Waals surface area contributed by atoms with Crippen molar-refractivity contribution in [2.75, 3.05) is 6.61 Å². The SMILES string of the molecule is CC(=Nc1c(C(C)C)cccc1C(C)C)c1cccc(C2=N[C@@H](C(C)(C)C)CO2)n1. The fraction of sp³-hybridized carbons (Fsp3) is 0.500. The normalized spacial score (nSPS) is 17.5. The predicted octanol–water partition coefficient (Wildman–Crippen LogP) is 6.66. The minimum absolute atomic E-state index is 0.0739. The van der Waals surface area contributed by atoms with Gasteiger partial charge in [-0.25, -0.2) is 9.98 Å². The van der Waals surface area contributed by atoms with E-state index in [1.165, 1.54) is 11.1 Å². The second kappa shape index (κ2) is 8.71. The number of pyridine rings is 1. The van der Waals surface area contributed by atoms with Gasteiger partial charge >= 0.3 is 0 Å². The average Bonchev–Trinajstić information content (AvgIpc) is 3.18. The fourth-order valence-electron chi connectivity index (χ4n) is 3.58. The summed E-state index contributed by atoms with van der Waals surface area (Å²) < 4.78 is 5.88. The number of aliphatic imine (C=N–C) groups is 2. The molecule has 0 N–H and O–H groups in total. The van der Waals surface area contributed by atoms with Gasteiger partial charge in [-0.1, -0.05) is 72.7 Å². The number of hydrogen-bond acceptors (Lipinski definition) is 4. The lowest BCUT2D eigenvalue weighted by Crippen LogP contribution is -2.25. The van der Waals surface area contributed by atoms with E-state index in [-0.39, 0.29) is 11.5 Å². The summed E-state index contributed by atoms with van der Waals surface area (Å²) in [5.41, 5.74) is 6.22. The molecule has 1 aromatic carbocycles. The first kappa shape index (κ1) is 22.2. The molecule has 1 aromatic heterocycles. The van der Waals surface area contributed by atoms with Gasteiger partial charge in [0.25, 0.3) is 0 Å². The van der Waals surface area contributed by atoms with E-state index in [9.17, 15) is 0 Å². The Morgan fingerprint density at radius 2 is 1.60 bits per heavy atom. The molecule has 3 rings (SSSR count). The molecule has 0 spiro atoms. The Balaban J connectivity index is 1.99. The number of hydrogen-bond donors (Lipinski definition) is 0. The molecular weight excluding hydrogens is 370 g/mol. The molecule has 0 amide bonds. The zero-order chi connectivity index (χ0) is 22.1. The van der Waals surface area contributed by atoms with Gasteiger partial charge in [0.2, 0.25) is 5.90 Å². The van der Waals surface area contributed by atoms with Gasteiger partial charge in [-0.2, -0.15) is 0 Å². The lowest BCUT2D eigenvalue weighted by molar-refractivity contribution is 0.235. The first-order valence-electron chi connectivity index (χ1n) is 10.9. The number of rotatable bonds is 5. The van der Waals surface area contributed by atoms with Gasteiger partial charge in [-0.15, -0.1) is 0 Å². The van der Waals surface area contributed by atoms with E-state index in [1.54, 1.807) is 0 Å². The van der Waals surface area contributed by atoms with Crippen LogP contribution >= 0.6 is 0 Å². The maximum Gasteiger partial charge on any atom is 0.235 e. The molecule has 1 atom stereocenters. The number of para-hydroxylation sites is 1. The quantitative estimate of drug-likeness (QED) is 0.522. The van der Waals surface area contributed by atoms with E-state index in [2.05, 4.69) is 66.7 Å². The summed E-state index contributed by atoms with van der Waals surface area (Å²) in [5, 5.41) is 0. The summed E-state index contributed by atoms with van der Waals surface area (Å²) >= 11 is 0. The zero-order valence-electron chi connectivity index (χ0n) is 19.7. The molecule has 0 saturated carbocycles. The van der Waals surface area contributed by atoms with Crippen molar-refractivity contribution in [3.05, 3.63) is 58.9 Å². The molecule has 2 aromatic rings. The van der Waals surface area contributed by atoms with E-state index in [0.29, 0.717) is 24.3 Å². The van der Waals surface area contributed by atoms with Crippen LogP contribution in [0.25, 0.3) is 0 Å². The summed E-state index contributed by atoms with van der Waals surface area (Å²) in [6.45, 7) is 18.1. The van der Waals surface area contributed by atoms with Crippen LogP contribution in [0.2, 0.25) is 0 Å². The molecule has 0 fully saturated rings. The highest BCUT2D eigenvalue weighted by Crippen LogP contribution is 2.35. The fourth-order valence-corrected chi connectivity index (χ4v) is 3.58. The van der Waals surface area contributed by atoms with Gasteiger partial charge in [-0.05, 0) is 47.4 Å². The third-order valence-corrected chi connectivity index (χ3v) is 5.61. The second-order valence-electron chi connectivity index (χ2n) is 9.83. The first-order valence-corrected chi connectivity index (χ1v) is 10.9. The topological polar surface area (TPSA) is 46.8 Å². The molecule has 0 saturated heterocycles. The van der Waals surface area contributed by atoms with Crippen LogP contribution in [-0.2, 0) is 4.74 Å². The van der Waals surface area contributed by atoms with Crippen molar-refractivity contribution in [2.45, 2.75) is 73.3 Å². The second-order valence-corrected chi connectivity index (χ2v) is 9.83. The standard InChI is InChI=1S/C26H35N3O/c1-16(2)19-11-9-12-20(17(3)4)24(19)27-18(5)21-13-10-14-22(28-21)25-29-23(15-30-25)26(6,7)8/h9-14,16-17,23H,15H2,1-8H3/t23-/m1/s1. The minimum atomic E-state index is 0.0739. The van der Waals surface area contributed by atoms with Crippen molar-refractivity contribution in [1.29, 1.82) is 0 Å². The smallest absolute Gasteiger partial charge is 0.235 e. The maximum absolute atomic E-state index is 5.88. The van der Waals surface area contributed by atoms with E-state index in [0.717, 1.165) is 22.8 Å². The van der Waals surface area contributed by atoms with Gasteiger partial charge in [0.05, 0.1) is 23.1 Å². The van der Waals surface area contributed by atoms with Gasteiger partial charge < -0.3 is 4.74 Å². The Morgan fingerprint density at radius 1 is 1.00 bits per heavy atom.